The molecule has 0 radical (unpaired) electrons. The molecule has 0 spiro atoms. The second-order valence-electron chi connectivity index (χ2n) is 8.45. The molecule has 0 aliphatic carbocycles. The number of nitrogens with zero attached hydrogens (tertiary/aromatic N) is 3. The van der Waals surface area contributed by atoms with E-state index in [-0.39, 0.29) is 27.6 Å². The topological polar surface area (TPSA) is 95.8 Å². The standard InChI is InChI=1S/C22H25ClN4O4/c1-22(2,3)21(29)26-12-10-25(11-13-26)16-6-4-15(5-7-16)24-20(28)18-14-17(27(30)31)8-9-19(18)23/h4-9,14H,10-13H2,1-3H3,(H,24,28). The average Bonchev–Trinajstić information content (AvgIpc) is 2.73. The summed E-state index contributed by atoms with van der Waals surface area (Å²) in [7, 11) is 0. The van der Waals surface area contributed by atoms with Crippen LogP contribution in [0.2, 0.25) is 5.02 Å². The molecule has 1 fully saturated rings. The number of nitrogens with one attached hydrogen (secondary N) is 1. The summed E-state index contributed by atoms with van der Waals surface area (Å²) in [5.41, 5.74) is 1.00. The SMILES string of the molecule is CC(C)(C)C(=O)N1CCN(c2ccc(NC(=O)c3cc([N+](=O)[O-])ccc3Cl)cc2)CC1. The van der Waals surface area contributed by atoms with E-state index in [1.54, 1.807) is 12.1 Å². The maximum absolute atomic E-state index is 12.5. The molecule has 0 unspecified atom stereocenters. The first-order chi connectivity index (χ1) is 14.6. The van der Waals surface area contributed by atoms with Crippen molar-refractivity contribution in [1.82, 2.24) is 4.90 Å². The van der Waals surface area contributed by atoms with Crippen molar-refractivity contribution in [2.75, 3.05) is 36.4 Å². The van der Waals surface area contributed by atoms with E-state index in [1.165, 1.54) is 12.1 Å². The molecule has 1 heterocycles. The Balaban J connectivity index is 1.63. The fourth-order valence-corrected chi connectivity index (χ4v) is 3.60. The number of amides is 2. The zero-order chi connectivity index (χ0) is 22.8. The molecule has 1 N–H and O–H groups in total. The number of piperazine rings is 1. The summed E-state index contributed by atoms with van der Waals surface area (Å²) in [5, 5.41) is 13.8. The summed E-state index contributed by atoms with van der Waals surface area (Å²) in [6, 6.07) is 11.1. The summed E-state index contributed by atoms with van der Waals surface area (Å²) in [6.07, 6.45) is 0. The molecular weight excluding hydrogens is 420 g/mol. The summed E-state index contributed by atoms with van der Waals surface area (Å²) >= 11 is 6.03. The van der Waals surface area contributed by atoms with Gasteiger partial charge in [0, 0.05) is 55.1 Å². The largest absolute Gasteiger partial charge is 0.368 e. The van der Waals surface area contributed by atoms with Gasteiger partial charge in [-0.05, 0) is 30.3 Å². The van der Waals surface area contributed by atoms with Gasteiger partial charge in [0.15, 0.2) is 0 Å². The third-order valence-corrected chi connectivity index (χ3v) is 5.43. The van der Waals surface area contributed by atoms with Crippen LogP contribution < -0.4 is 10.2 Å². The highest BCUT2D eigenvalue weighted by molar-refractivity contribution is 6.34. The molecule has 0 atom stereocenters. The molecule has 1 aliphatic heterocycles. The molecule has 0 aromatic heterocycles. The molecule has 164 valence electrons. The number of halogens is 1. The Labute approximate surface area is 185 Å². The molecular formula is C22H25ClN4O4. The van der Waals surface area contributed by atoms with Gasteiger partial charge < -0.3 is 15.1 Å². The van der Waals surface area contributed by atoms with E-state index in [0.29, 0.717) is 18.8 Å². The second kappa shape index (κ2) is 8.93. The lowest BCUT2D eigenvalue weighted by atomic mass is 9.94. The lowest BCUT2D eigenvalue weighted by Crippen LogP contribution is -2.51. The van der Waals surface area contributed by atoms with E-state index in [4.69, 9.17) is 11.6 Å². The number of carbonyl (C=O) groups is 2. The first-order valence-electron chi connectivity index (χ1n) is 9.96. The molecule has 2 aromatic carbocycles. The van der Waals surface area contributed by atoms with Gasteiger partial charge in [0.2, 0.25) is 5.91 Å². The molecule has 31 heavy (non-hydrogen) atoms. The van der Waals surface area contributed by atoms with Gasteiger partial charge in [-0.15, -0.1) is 0 Å². The van der Waals surface area contributed by atoms with Gasteiger partial charge in [-0.1, -0.05) is 32.4 Å². The van der Waals surface area contributed by atoms with E-state index in [1.807, 2.05) is 37.8 Å². The number of rotatable bonds is 4. The molecule has 0 bridgehead atoms. The van der Waals surface area contributed by atoms with E-state index in [9.17, 15) is 19.7 Å². The Morgan fingerprint density at radius 3 is 2.19 bits per heavy atom. The van der Waals surface area contributed by atoms with Crippen LogP contribution in [0.4, 0.5) is 17.1 Å². The monoisotopic (exact) mass is 444 g/mol. The van der Waals surface area contributed by atoms with Crippen LogP contribution in [0, 0.1) is 15.5 Å². The van der Waals surface area contributed by atoms with Gasteiger partial charge in [0.25, 0.3) is 11.6 Å². The fraction of sp³-hybridized carbons (Fsp3) is 0.364. The van der Waals surface area contributed by atoms with Crippen molar-refractivity contribution in [2.24, 2.45) is 5.41 Å². The Bertz CT molecular complexity index is 994. The highest BCUT2D eigenvalue weighted by atomic mass is 35.5. The highest BCUT2D eigenvalue weighted by Crippen LogP contribution is 2.25. The second-order valence-corrected chi connectivity index (χ2v) is 8.86. The normalized spacial score (nSPS) is 14.3. The maximum Gasteiger partial charge on any atom is 0.270 e. The molecule has 2 amide bonds. The van der Waals surface area contributed by atoms with Crippen LogP contribution in [0.15, 0.2) is 42.5 Å². The smallest absolute Gasteiger partial charge is 0.270 e. The minimum absolute atomic E-state index is 0.0413. The fourth-order valence-electron chi connectivity index (χ4n) is 3.40. The Morgan fingerprint density at radius 1 is 1.03 bits per heavy atom. The third-order valence-electron chi connectivity index (χ3n) is 5.10. The van der Waals surface area contributed by atoms with Crippen LogP contribution in [-0.2, 0) is 4.79 Å². The molecule has 1 saturated heterocycles. The zero-order valence-corrected chi connectivity index (χ0v) is 18.5. The van der Waals surface area contributed by atoms with Crippen molar-refractivity contribution in [2.45, 2.75) is 20.8 Å². The Hall–Kier alpha value is -3.13. The van der Waals surface area contributed by atoms with Crippen molar-refractivity contribution in [3.63, 3.8) is 0 Å². The maximum atomic E-state index is 12.5. The van der Waals surface area contributed by atoms with Crippen molar-refractivity contribution >= 4 is 40.5 Å². The van der Waals surface area contributed by atoms with Crippen LogP contribution in [-0.4, -0.2) is 47.8 Å². The van der Waals surface area contributed by atoms with Crippen LogP contribution in [0.5, 0.6) is 0 Å². The first-order valence-corrected chi connectivity index (χ1v) is 10.3. The molecule has 2 aromatic rings. The van der Waals surface area contributed by atoms with E-state index in [0.717, 1.165) is 24.8 Å². The van der Waals surface area contributed by atoms with Crippen LogP contribution >= 0.6 is 11.6 Å². The van der Waals surface area contributed by atoms with Gasteiger partial charge in [0.1, 0.15) is 0 Å². The predicted octanol–water partition coefficient (Wildman–Crippen LogP) is 4.20. The summed E-state index contributed by atoms with van der Waals surface area (Å²) in [5.74, 6) is -0.360. The third kappa shape index (κ3) is 5.32. The summed E-state index contributed by atoms with van der Waals surface area (Å²) < 4.78 is 0. The number of anilines is 2. The number of hydrogen-bond donors (Lipinski definition) is 1. The number of non-ortho nitro benzene ring substituents is 1. The molecule has 3 rings (SSSR count). The van der Waals surface area contributed by atoms with Crippen molar-refractivity contribution in [1.29, 1.82) is 0 Å². The highest BCUT2D eigenvalue weighted by Gasteiger charge is 2.29. The van der Waals surface area contributed by atoms with E-state index in [2.05, 4.69) is 10.2 Å². The van der Waals surface area contributed by atoms with Gasteiger partial charge in [-0.2, -0.15) is 0 Å². The summed E-state index contributed by atoms with van der Waals surface area (Å²) in [6.45, 7) is 8.58. The first kappa shape index (κ1) is 22.6. The Morgan fingerprint density at radius 2 is 1.65 bits per heavy atom. The van der Waals surface area contributed by atoms with Gasteiger partial charge in [0.05, 0.1) is 15.5 Å². The quantitative estimate of drug-likeness (QED) is 0.563. The number of hydrogen-bond acceptors (Lipinski definition) is 5. The van der Waals surface area contributed by atoms with Crippen molar-refractivity contribution in [3.8, 4) is 0 Å². The Kier molecular flexibility index (Phi) is 6.50. The predicted molar refractivity (Wildman–Crippen MR) is 121 cm³/mol. The van der Waals surface area contributed by atoms with E-state index < -0.39 is 10.8 Å². The van der Waals surface area contributed by atoms with E-state index >= 15 is 0 Å². The summed E-state index contributed by atoms with van der Waals surface area (Å²) in [4.78, 5) is 39.4. The van der Waals surface area contributed by atoms with Gasteiger partial charge in [-0.25, -0.2) is 0 Å². The minimum Gasteiger partial charge on any atom is -0.368 e. The molecule has 0 saturated carbocycles. The molecule has 1 aliphatic rings. The van der Waals surface area contributed by atoms with Crippen molar-refractivity contribution < 1.29 is 14.5 Å². The molecule has 9 heteroatoms. The van der Waals surface area contributed by atoms with Crippen molar-refractivity contribution in [3.05, 3.63) is 63.2 Å². The van der Waals surface area contributed by atoms with Gasteiger partial charge in [-0.3, -0.25) is 19.7 Å². The van der Waals surface area contributed by atoms with Gasteiger partial charge >= 0.3 is 0 Å². The molecule has 8 nitrogen and oxygen atoms in total. The minimum atomic E-state index is -0.573. The number of carbonyl (C=O) groups excluding carboxylic acids is 2. The van der Waals surface area contributed by atoms with Crippen LogP contribution in [0.25, 0.3) is 0 Å². The number of nitro groups is 1. The van der Waals surface area contributed by atoms with Crippen LogP contribution in [0.3, 0.4) is 0 Å². The number of benzene rings is 2. The zero-order valence-electron chi connectivity index (χ0n) is 17.7. The lowest BCUT2D eigenvalue weighted by Gasteiger charge is -2.38. The lowest BCUT2D eigenvalue weighted by molar-refractivity contribution is -0.384. The van der Waals surface area contributed by atoms with Crippen LogP contribution in [0.1, 0.15) is 31.1 Å². The number of nitro benzene ring substituents is 1. The average molecular weight is 445 g/mol.